The SMILES string of the molecule is NCCC[C@@H](NC(=O)CCCC(N)C(=O)C(F)(F)F)C(=O)O. The Labute approximate surface area is 125 Å². The van der Waals surface area contributed by atoms with Crippen molar-refractivity contribution in [2.24, 2.45) is 11.5 Å². The Hall–Kier alpha value is -1.68. The van der Waals surface area contributed by atoms with E-state index in [-0.39, 0.29) is 32.2 Å². The maximum absolute atomic E-state index is 12.1. The average molecular weight is 327 g/mol. The zero-order chi connectivity index (χ0) is 17.3. The van der Waals surface area contributed by atoms with Crippen LogP contribution in [0.15, 0.2) is 0 Å². The summed E-state index contributed by atoms with van der Waals surface area (Å²) in [5.41, 5.74) is 10.3. The van der Waals surface area contributed by atoms with Gasteiger partial charge in [-0.2, -0.15) is 13.2 Å². The molecule has 0 spiro atoms. The fourth-order valence-electron chi connectivity index (χ4n) is 1.67. The molecule has 1 amide bonds. The predicted molar refractivity (Wildman–Crippen MR) is 70.7 cm³/mol. The number of ketones is 1. The van der Waals surface area contributed by atoms with E-state index in [0.717, 1.165) is 0 Å². The number of aliphatic carboxylic acids is 1. The summed E-state index contributed by atoms with van der Waals surface area (Å²) in [6, 6.07) is -2.82. The minimum atomic E-state index is -5.00. The van der Waals surface area contributed by atoms with E-state index in [4.69, 9.17) is 16.6 Å². The molecule has 7 nitrogen and oxygen atoms in total. The molecule has 0 aliphatic carbocycles. The van der Waals surface area contributed by atoms with Crippen molar-refractivity contribution < 1.29 is 32.7 Å². The van der Waals surface area contributed by atoms with Crippen LogP contribution in [0.2, 0.25) is 0 Å². The molecule has 0 aliphatic rings. The van der Waals surface area contributed by atoms with Gasteiger partial charge in [0.05, 0.1) is 6.04 Å². The minimum absolute atomic E-state index is 0.0575. The first-order chi connectivity index (χ1) is 10.1. The van der Waals surface area contributed by atoms with Crippen LogP contribution in [0.4, 0.5) is 13.2 Å². The fourth-order valence-corrected chi connectivity index (χ4v) is 1.67. The van der Waals surface area contributed by atoms with Gasteiger partial charge in [0.1, 0.15) is 6.04 Å². The third-order valence-electron chi connectivity index (χ3n) is 2.87. The quantitative estimate of drug-likeness (QED) is 0.443. The summed E-state index contributed by atoms with van der Waals surface area (Å²) in [6.07, 6.45) is -5.03. The van der Waals surface area contributed by atoms with Crippen molar-refractivity contribution in [3.63, 3.8) is 0 Å². The first kappa shape index (κ1) is 20.3. The van der Waals surface area contributed by atoms with Crippen LogP contribution in [0.25, 0.3) is 0 Å². The molecule has 0 heterocycles. The van der Waals surface area contributed by atoms with Gasteiger partial charge in [-0.1, -0.05) is 0 Å². The number of nitrogens with one attached hydrogen (secondary N) is 1. The van der Waals surface area contributed by atoms with Gasteiger partial charge < -0.3 is 21.9 Å². The maximum Gasteiger partial charge on any atom is 0.451 e. The molecule has 10 heteroatoms. The Bertz CT molecular complexity index is 402. The summed E-state index contributed by atoms with van der Waals surface area (Å²) < 4.78 is 36.2. The number of carboxylic acids is 1. The van der Waals surface area contributed by atoms with Crippen LogP contribution < -0.4 is 16.8 Å². The number of carboxylic acid groups (broad SMARTS) is 1. The summed E-state index contributed by atoms with van der Waals surface area (Å²) in [5.74, 6) is -3.89. The molecule has 0 aliphatic heterocycles. The number of nitrogens with two attached hydrogens (primary N) is 2. The van der Waals surface area contributed by atoms with Crippen molar-refractivity contribution in [2.45, 2.75) is 50.4 Å². The van der Waals surface area contributed by atoms with Crippen molar-refractivity contribution in [1.29, 1.82) is 0 Å². The highest BCUT2D eigenvalue weighted by atomic mass is 19.4. The van der Waals surface area contributed by atoms with Gasteiger partial charge in [-0.3, -0.25) is 9.59 Å². The summed E-state index contributed by atoms with van der Waals surface area (Å²) in [4.78, 5) is 33.2. The van der Waals surface area contributed by atoms with E-state index in [1.54, 1.807) is 0 Å². The first-order valence-corrected chi connectivity index (χ1v) is 6.68. The maximum atomic E-state index is 12.1. The van der Waals surface area contributed by atoms with Gasteiger partial charge in [0.25, 0.3) is 5.78 Å². The highest BCUT2D eigenvalue weighted by Gasteiger charge is 2.41. The van der Waals surface area contributed by atoms with E-state index in [0.29, 0.717) is 6.42 Å². The van der Waals surface area contributed by atoms with Gasteiger partial charge in [0.2, 0.25) is 5.91 Å². The van der Waals surface area contributed by atoms with Gasteiger partial charge in [-0.05, 0) is 32.2 Å². The highest BCUT2D eigenvalue weighted by molar-refractivity contribution is 5.89. The second kappa shape index (κ2) is 9.36. The Morgan fingerprint density at radius 3 is 2.18 bits per heavy atom. The largest absolute Gasteiger partial charge is 0.480 e. The highest BCUT2D eigenvalue weighted by Crippen LogP contribution is 2.19. The van der Waals surface area contributed by atoms with Crippen LogP contribution in [0, 0.1) is 0 Å². The van der Waals surface area contributed by atoms with Crippen LogP contribution in [0.1, 0.15) is 32.1 Å². The van der Waals surface area contributed by atoms with Crippen molar-refractivity contribution in [2.75, 3.05) is 6.54 Å². The number of amides is 1. The molecule has 0 aromatic carbocycles. The summed E-state index contributed by atoms with van der Waals surface area (Å²) in [5, 5.41) is 11.1. The van der Waals surface area contributed by atoms with Crippen molar-refractivity contribution in [3.05, 3.63) is 0 Å². The lowest BCUT2D eigenvalue weighted by Crippen LogP contribution is -2.42. The number of carbonyl (C=O) groups excluding carboxylic acids is 2. The van der Waals surface area contributed by atoms with Crippen LogP contribution >= 0.6 is 0 Å². The second-order valence-corrected chi connectivity index (χ2v) is 4.75. The molecule has 0 aromatic rings. The predicted octanol–water partition coefficient (Wildman–Crippen LogP) is -0.0763. The number of Topliss-reactive ketones (excluding diaryl/α,β-unsaturated/α-hetero) is 1. The molecule has 22 heavy (non-hydrogen) atoms. The van der Waals surface area contributed by atoms with Crippen molar-refractivity contribution >= 4 is 17.7 Å². The molecule has 0 saturated heterocycles. The summed E-state index contributed by atoms with van der Waals surface area (Å²) >= 11 is 0. The molecular formula is C12H20F3N3O4. The van der Waals surface area contributed by atoms with Gasteiger partial charge >= 0.3 is 12.1 Å². The van der Waals surface area contributed by atoms with E-state index < -0.39 is 35.9 Å². The smallest absolute Gasteiger partial charge is 0.451 e. The van der Waals surface area contributed by atoms with E-state index in [9.17, 15) is 27.6 Å². The van der Waals surface area contributed by atoms with E-state index in [2.05, 4.69) is 5.32 Å². The lowest BCUT2D eigenvalue weighted by Gasteiger charge is -2.15. The van der Waals surface area contributed by atoms with Gasteiger partial charge in [-0.15, -0.1) is 0 Å². The van der Waals surface area contributed by atoms with E-state index in [1.807, 2.05) is 0 Å². The lowest BCUT2D eigenvalue weighted by molar-refractivity contribution is -0.172. The number of rotatable bonds is 10. The molecular weight excluding hydrogens is 307 g/mol. The first-order valence-electron chi connectivity index (χ1n) is 6.68. The van der Waals surface area contributed by atoms with Crippen molar-refractivity contribution in [1.82, 2.24) is 5.32 Å². The van der Waals surface area contributed by atoms with E-state index in [1.165, 1.54) is 0 Å². The van der Waals surface area contributed by atoms with Gasteiger partial charge in [-0.25, -0.2) is 4.79 Å². The Morgan fingerprint density at radius 1 is 1.14 bits per heavy atom. The summed E-state index contributed by atoms with van der Waals surface area (Å²) in [7, 11) is 0. The van der Waals surface area contributed by atoms with Crippen LogP contribution in [0.5, 0.6) is 0 Å². The topological polar surface area (TPSA) is 136 Å². The summed E-state index contributed by atoms with van der Waals surface area (Å²) in [6.45, 7) is 0.272. The van der Waals surface area contributed by atoms with Crippen LogP contribution in [0.3, 0.4) is 0 Å². The van der Waals surface area contributed by atoms with Crippen LogP contribution in [-0.4, -0.2) is 47.6 Å². The number of hydrogen-bond donors (Lipinski definition) is 4. The van der Waals surface area contributed by atoms with Gasteiger partial charge in [0.15, 0.2) is 0 Å². The fraction of sp³-hybridized carbons (Fsp3) is 0.750. The normalized spacial score (nSPS) is 14.2. The molecule has 0 radical (unpaired) electrons. The monoisotopic (exact) mass is 327 g/mol. The zero-order valence-corrected chi connectivity index (χ0v) is 11.9. The molecule has 1 unspecified atom stereocenters. The molecule has 6 N–H and O–H groups in total. The minimum Gasteiger partial charge on any atom is -0.480 e. The molecule has 0 saturated carbocycles. The molecule has 0 bridgehead atoms. The number of hydrogen-bond acceptors (Lipinski definition) is 5. The number of alkyl halides is 3. The standard InChI is InChI=1S/C12H20F3N3O4/c13-12(14,15)10(20)7(17)3-1-5-9(19)18-8(11(21)22)4-2-6-16/h7-8H,1-6,16-17H2,(H,18,19)(H,21,22)/t7?,8-/m1/s1. The zero-order valence-electron chi connectivity index (χ0n) is 11.9. The Morgan fingerprint density at radius 2 is 1.73 bits per heavy atom. The second-order valence-electron chi connectivity index (χ2n) is 4.75. The number of halogens is 3. The number of carbonyl (C=O) groups is 3. The third-order valence-corrected chi connectivity index (χ3v) is 2.87. The van der Waals surface area contributed by atoms with Gasteiger partial charge in [0, 0.05) is 6.42 Å². The average Bonchev–Trinajstić information content (AvgIpc) is 2.40. The molecule has 0 rings (SSSR count). The Balaban J connectivity index is 4.17. The van der Waals surface area contributed by atoms with Crippen molar-refractivity contribution in [3.8, 4) is 0 Å². The molecule has 2 atom stereocenters. The van der Waals surface area contributed by atoms with E-state index >= 15 is 0 Å². The third kappa shape index (κ3) is 7.93. The molecule has 128 valence electrons. The van der Waals surface area contributed by atoms with Crippen LogP contribution in [-0.2, 0) is 14.4 Å². The Kier molecular flexibility index (Phi) is 8.65. The lowest BCUT2D eigenvalue weighted by atomic mass is 10.1. The molecule has 0 fully saturated rings. The molecule has 0 aromatic heterocycles.